The van der Waals surface area contributed by atoms with E-state index in [1.165, 1.54) is 4.90 Å². The average molecular weight is 545 g/mol. The van der Waals surface area contributed by atoms with Crippen LogP contribution in [0.5, 0.6) is 5.75 Å². The van der Waals surface area contributed by atoms with Crippen molar-refractivity contribution in [1.29, 1.82) is 0 Å². The lowest BCUT2D eigenvalue weighted by Gasteiger charge is -2.36. The van der Waals surface area contributed by atoms with Crippen LogP contribution in [0.1, 0.15) is 65.9 Å². The second kappa shape index (κ2) is 13.2. The van der Waals surface area contributed by atoms with Gasteiger partial charge in [-0.05, 0) is 70.1 Å². The van der Waals surface area contributed by atoms with Gasteiger partial charge in [-0.2, -0.15) is 0 Å². The fourth-order valence-corrected chi connectivity index (χ4v) is 4.98. The van der Waals surface area contributed by atoms with Crippen LogP contribution < -0.4 is 15.4 Å². The lowest BCUT2D eigenvalue weighted by atomic mass is 9.94. The molecule has 10 heteroatoms. The third-order valence-electron chi connectivity index (χ3n) is 7.22. The third kappa shape index (κ3) is 8.34. The molecule has 2 aliphatic heterocycles. The highest BCUT2D eigenvalue weighted by Crippen LogP contribution is 2.25. The summed E-state index contributed by atoms with van der Waals surface area (Å²) in [6.45, 7) is 10.9. The molecule has 0 aromatic heterocycles. The highest BCUT2D eigenvalue weighted by molar-refractivity contribution is 5.89. The second-order valence-electron chi connectivity index (χ2n) is 11.7. The number of ether oxygens (including phenoxy) is 2. The van der Waals surface area contributed by atoms with E-state index in [2.05, 4.69) is 10.6 Å². The molecule has 2 aliphatic rings. The molecule has 3 rings (SSSR count). The Morgan fingerprint density at radius 2 is 1.64 bits per heavy atom. The van der Waals surface area contributed by atoms with E-state index in [-0.39, 0.29) is 29.6 Å². The molecule has 1 aromatic rings. The number of nitrogens with one attached hydrogen (secondary N) is 2. The Labute approximate surface area is 231 Å². The molecule has 2 atom stereocenters. The van der Waals surface area contributed by atoms with Crippen molar-refractivity contribution in [2.24, 2.45) is 11.8 Å². The lowest BCUT2D eigenvalue weighted by molar-refractivity contribution is -0.140. The van der Waals surface area contributed by atoms with Crippen LogP contribution in [0.2, 0.25) is 0 Å². The van der Waals surface area contributed by atoms with Crippen molar-refractivity contribution in [3.05, 3.63) is 29.8 Å². The minimum absolute atomic E-state index is 0.0878. The molecule has 0 saturated carbocycles. The number of carbonyl (C=O) groups excluding carboxylic acids is 4. The predicted octanol–water partition coefficient (Wildman–Crippen LogP) is 3.09. The first kappa shape index (κ1) is 30.2. The number of piperidine rings is 1. The van der Waals surface area contributed by atoms with Crippen molar-refractivity contribution in [1.82, 2.24) is 20.4 Å². The molecular formula is C29H44N4O6. The molecule has 0 spiro atoms. The van der Waals surface area contributed by atoms with Gasteiger partial charge in [-0.1, -0.05) is 26.0 Å². The Balaban J connectivity index is 1.50. The molecule has 0 unspecified atom stereocenters. The van der Waals surface area contributed by atoms with E-state index in [0.29, 0.717) is 45.4 Å². The van der Waals surface area contributed by atoms with Crippen LogP contribution in [-0.4, -0.2) is 78.0 Å². The van der Waals surface area contributed by atoms with Crippen LogP contribution in [0.15, 0.2) is 24.3 Å². The number of likely N-dealkylation sites (tertiary alicyclic amines) is 2. The van der Waals surface area contributed by atoms with Gasteiger partial charge in [0.05, 0.1) is 7.11 Å². The number of benzene rings is 1. The van der Waals surface area contributed by atoms with E-state index in [0.717, 1.165) is 17.7 Å². The molecule has 2 fully saturated rings. The molecule has 2 N–H and O–H groups in total. The maximum atomic E-state index is 13.3. The summed E-state index contributed by atoms with van der Waals surface area (Å²) in [7, 11) is 1.60. The number of hydrogen-bond donors (Lipinski definition) is 2. The van der Waals surface area contributed by atoms with Gasteiger partial charge in [-0.25, -0.2) is 4.79 Å². The lowest BCUT2D eigenvalue weighted by Crippen LogP contribution is -2.54. The molecule has 0 aliphatic carbocycles. The van der Waals surface area contributed by atoms with E-state index in [4.69, 9.17) is 9.47 Å². The largest absolute Gasteiger partial charge is 0.497 e. The number of amides is 4. The van der Waals surface area contributed by atoms with E-state index >= 15 is 0 Å². The van der Waals surface area contributed by atoms with Gasteiger partial charge in [0.1, 0.15) is 23.4 Å². The van der Waals surface area contributed by atoms with Crippen LogP contribution in [0.3, 0.4) is 0 Å². The van der Waals surface area contributed by atoms with Gasteiger partial charge in [-0.3, -0.25) is 19.3 Å². The molecule has 10 nitrogen and oxygen atoms in total. The van der Waals surface area contributed by atoms with Gasteiger partial charge in [0.15, 0.2) is 0 Å². The Bertz CT molecular complexity index is 1010. The molecule has 4 amide bonds. The molecule has 2 saturated heterocycles. The Hall–Kier alpha value is -3.30. The van der Waals surface area contributed by atoms with Crippen molar-refractivity contribution in [3.8, 4) is 5.75 Å². The van der Waals surface area contributed by atoms with Gasteiger partial charge in [-0.15, -0.1) is 0 Å². The molecular weight excluding hydrogens is 500 g/mol. The summed E-state index contributed by atoms with van der Waals surface area (Å²) in [5, 5.41) is 5.86. The summed E-state index contributed by atoms with van der Waals surface area (Å²) in [5.74, 6) is -0.117. The number of hydrogen-bond acceptors (Lipinski definition) is 6. The molecule has 1 aromatic carbocycles. The number of rotatable bonds is 8. The maximum Gasteiger partial charge on any atom is 0.410 e. The minimum atomic E-state index is -0.656. The van der Waals surface area contributed by atoms with Crippen molar-refractivity contribution >= 4 is 23.8 Å². The van der Waals surface area contributed by atoms with E-state index < -0.39 is 23.8 Å². The number of methoxy groups -OCH3 is 1. The quantitative estimate of drug-likeness (QED) is 0.520. The summed E-state index contributed by atoms with van der Waals surface area (Å²) >= 11 is 0. The Kier molecular flexibility index (Phi) is 10.2. The van der Waals surface area contributed by atoms with Gasteiger partial charge in [0.2, 0.25) is 17.7 Å². The summed E-state index contributed by atoms with van der Waals surface area (Å²) in [6.07, 6.45) is 1.92. The van der Waals surface area contributed by atoms with Crippen LogP contribution in [0.4, 0.5) is 4.79 Å². The first-order valence-electron chi connectivity index (χ1n) is 13.9. The number of nitrogens with zero attached hydrogens (tertiary/aromatic N) is 2. The van der Waals surface area contributed by atoms with Crippen molar-refractivity contribution in [2.45, 2.75) is 84.5 Å². The molecule has 2 heterocycles. The highest BCUT2D eigenvalue weighted by Gasteiger charge is 2.40. The maximum absolute atomic E-state index is 13.3. The van der Waals surface area contributed by atoms with Crippen LogP contribution in [-0.2, 0) is 25.7 Å². The summed E-state index contributed by atoms with van der Waals surface area (Å²) in [6, 6.07) is 6.26. The monoisotopic (exact) mass is 544 g/mol. The van der Waals surface area contributed by atoms with E-state index in [9.17, 15) is 19.2 Å². The summed E-state index contributed by atoms with van der Waals surface area (Å²) in [5.41, 5.74) is 0.307. The predicted molar refractivity (Wildman–Crippen MR) is 147 cm³/mol. The Morgan fingerprint density at radius 3 is 2.21 bits per heavy atom. The third-order valence-corrected chi connectivity index (χ3v) is 7.22. The van der Waals surface area contributed by atoms with Gasteiger partial charge in [0, 0.05) is 32.1 Å². The van der Waals surface area contributed by atoms with Crippen LogP contribution >= 0.6 is 0 Å². The summed E-state index contributed by atoms with van der Waals surface area (Å²) in [4.78, 5) is 55.1. The van der Waals surface area contributed by atoms with Crippen molar-refractivity contribution < 1.29 is 28.7 Å². The zero-order valence-electron chi connectivity index (χ0n) is 24.1. The standard InChI is InChI=1S/C29H44N4O6/c1-19(2)24(26(35)30-18-20-9-11-22(38-6)12-10-20)31-25(34)21-13-16-32(17-14-21)27(36)23-8-7-15-33(23)28(37)39-29(3,4)5/h9-12,19,21,23-24H,7-8,13-18H2,1-6H3,(H,30,35)(H,31,34)/t23-,24-/m0/s1. The highest BCUT2D eigenvalue weighted by atomic mass is 16.6. The fraction of sp³-hybridized carbons (Fsp3) is 0.655. The summed E-state index contributed by atoms with van der Waals surface area (Å²) < 4.78 is 10.7. The minimum Gasteiger partial charge on any atom is -0.497 e. The molecule has 39 heavy (non-hydrogen) atoms. The Morgan fingerprint density at radius 1 is 1.00 bits per heavy atom. The van der Waals surface area contributed by atoms with E-state index in [1.807, 2.05) is 58.9 Å². The number of carbonyl (C=O) groups is 4. The molecule has 0 radical (unpaired) electrons. The molecule has 216 valence electrons. The fourth-order valence-electron chi connectivity index (χ4n) is 4.98. The first-order valence-corrected chi connectivity index (χ1v) is 13.9. The zero-order valence-corrected chi connectivity index (χ0v) is 24.1. The van der Waals surface area contributed by atoms with Gasteiger partial charge < -0.3 is 25.0 Å². The first-order chi connectivity index (χ1) is 18.4. The second-order valence-corrected chi connectivity index (χ2v) is 11.7. The molecule has 0 bridgehead atoms. The van der Waals surface area contributed by atoms with Crippen LogP contribution in [0.25, 0.3) is 0 Å². The topological polar surface area (TPSA) is 117 Å². The van der Waals surface area contributed by atoms with Crippen LogP contribution in [0, 0.1) is 11.8 Å². The van der Waals surface area contributed by atoms with Crippen molar-refractivity contribution in [2.75, 3.05) is 26.7 Å². The zero-order chi connectivity index (χ0) is 28.7. The van der Waals surface area contributed by atoms with Gasteiger partial charge >= 0.3 is 6.09 Å². The average Bonchev–Trinajstić information content (AvgIpc) is 3.39. The van der Waals surface area contributed by atoms with E-state index in [1.54, 1.807) is 12.0 Å². The normalized spacial score (nSPS) is 19.0. The smallest absolute Gasteiger partial charge is 0.410 e. The van der Waals surface area contributed by atoms with Crippen molar-refractivity contribution in [3.63, 3.8) is 0 Å². The van der Waals surface area contributed by atoms with Gasteiger partial charge in [0.25, 0.3) is 0 Å². The SMILES string of the molecule is COc1ccc(CNC(=O)[C@@H](NC(=O)C2CCN(C(=O)[C@@H]3CCCN3C(=O)OC(C)(C)C)CC2)C(C)C)cc1.